The predicted octanol–water partition coefficient (Wildman–Crippen LogP) is 6.47. The van der Waals surface area contributed by atoms with Crippen LogP contribution >= 0.6 is 47.0 Å². The number of alkyl halides is 3. The van der Waals surface area contributed by atoms with Crippen molar-refractivity contribution >= 4 is 63.5 Å². The molecule has 23 heavy (non-hydrogen) atoms. The summed E-state index contributed by atoms with van der Waals surface area (Å²) in [4.78, 5) is 0. The molecule has 0 aliphatic rings. The van der Waals surface area contributed by atoms with Crippen molar-refractivity contribution in [2.24, 2.45) is 0 Å². The van der Waals surface area contributed by atoms with Crippen molar-refractivity contribution in [1.82, 2.24) is 0 Å². The third-order valence-electron chi connectivity index (χ3n) is 2.66. The summed E-state index contributed by atoms with van der Waals surface area (Å²) in [6.07, 6.45) is -4.48. The summed E-state index contributed by atoms with van der Waals surface area (Å²) in [6, 6.07) is 7.58. The summed E-state index contributed by atoms with van der Waals surface area (Å²) in [6.45, 7) is 0. The Labute approximate surface area is 150 Å². The Morgan fingerprint density at radius 3 is 2.09 bits per heavy atom. The van der Waals surface area contributed by atoms with Gasteiger partial charge in [0.05, 0.1) is 16.3 Å². The average Bonchev–Trinajstić information content (AvgIpc) is 2.38. The number of halogens is 6. The smallest absolute Gasteiger partial charge is 0.332 e. The molecular formula is C14H8Cl3F3N2S. The molecule has 9 heteroatoms. The fourth-order valence-electron chi connectivity index (χ4n) is 1.71. The molecule has 0 spiro atoms. The molecule has 0 atom stereocenters. The lowest BCUT2D eigenvalue weighted by atomic mass is 10.2. The predicted molar refractivity (Wildman–Crippen MR) is 92.8 cm³/mol. The molecule has 0 aromatic heterocycles. The average molecular weight is 400 g/mol. The number of anilines is 2. The third kappa shape index (κ3) is 5.14. The highest BCUT2D eigenvalue weighted by Crippen LogP contribution is 2.34. The normalized spacial score (nSPS) is 11.2. The standard InChI is InChI=1S/C14H8Cl3F3N2S/c15-8-4-9(16)6-10(5-8)21-13(23)22-12-3-7(14(18,19)20)1-2-11(12)17/h1-6H,(H2,21,22,23). The van der Waals surface area contributed by atoms with Crippen LogP contribution in [0.25, 0.3) is 0 Å². The minimum absolute atomic E-state index is 0.0344. The van der Waals surface area contributed by atoms with E-state index >= 15 is 0 Å². The van der Waals surface area contributed by atoms with Crippen LogP contribution in [0.4, 0.5) is 24.5 Å². The lowest BCUT2D eigenvalue weighted by molar-refractivity contribution is -0.137. The topological polar surface area (TPSA) is 24.1 Å². The van der Waals surface area contributed by atoms with Gasteiger partial charge in [0.15, 0.2) is 5.11 Å². The van der Waals surface area contributed by atoms with E-state index in [-0.39, 0.29) is 15.8 Å². The van der Waals surface area contributed by atoms with Crippen LogP contribution in [0.1, 0.15) is 5.56 Å². The van der Waals surface area contributed by atoms with Gasteiger partial charge in [-0.1, -0.05) is 34.8 Å². The monoisotopic (exact) mass is 398 g/mol. The van der Waals surface area contributed by atoms with E-state index < -0.39 is 11.7 Å². The first kappa shape index (κ1) is 18.1. The van der Waals surface area contributed by atoms with Crippen LogP contribution in [-0.2, 0) is 6.18 Å². The van der Waals surface area contributed by atoms with Crippen molar-refractivity contribution in [3.63, 3.8) is 0 Å². The van der Waals surface area contributed by atoms with Crippen LogP contribution in [-0.4, -0.2) is 5.11 Å². The highest BCUT2D eigenvalue weighted by molar-refractivity contribution is 7.80. The van der Waals surface area contributed by atoms with E-state index in [0.29, 0.717) is 15.7 Å². The molecule has 0 heterocycles. The molecule has 122 valence electrons. The van der Waals surface area contributed by atoms with Crippen LogP contribution in [0.15, 0.2) is 36.4 Å². The lowest BCUT2D eigenvalue weighted by Gasteiger charge is -2.14. The number of rotatable bonds is 2. The van der Waals surface area contributed by atoms with Crippen molar-refractivity contribution < 1.29 is 13.2 Å². The quantitative estimate of drug-likeness (QED) is 0.566. The van der Waals surface area contributed by atoms with Crippen LogP contribution in [0, 0.1) is 0 Å². The summed E-state index contributed by atoms with van der Waals surface area (Å²) >= 11 is 22.6. The van der Waals surface area contributed by atoms with Gasteiger partial charge in [-0.15, -0.1) is 0 Å². The van der Waals surface area contributed by atoms with Gasteiger partial charge in [0.2, 0.25) is 0 Å². The largest absolute Gasteiger partial charge is 0.416 e. The zero-order valence-electron chi connectivity index (χ0n) is 11.1. The molecule has 2 N–H and O–H groups in total. The van der Waals surface area contributed by atoms with E-state index in [2.05, 4.69) is 10.6 Å². The molecule has 0 radical (unpaired) electrons. The van der Waals surface area contributed by atoms with Crippen molar-refractivity contribution in [1.29, 1.82) is 0 Å². The Morgan fingerprint density at radius 1 is 0.913 bits per heavy atom. The molecule has 2 rings (SSSR count). The zero-order chi connectivity index (χ0) is 17.2. The Kier molecular flexibility index (Phi) is 5.62. The fraction of sp³-hybridized carbons (Fsp3) is 0.0714. The molecule has 0 unspecified atom stereocenters. The minimum atomic E-state index is -4.48. The second kappa shape index (κ2) is 7.13. The molecule has 0 aliphatic carbocycles. The van der Waals surface area contributed by atoms with E-state index in [1.54, 1.807) is 12.1 Å². The molecule has 2 aromatic rings. The molecule has 0 bridgehead atoms. The van der Waals surface area contributed by atoms with E-state index in [1.165, 1.54) is 6.07 Å². The molecule has 0 aliphatic heterocycles. The molecule has 0 saturated carbocycles. The highest BCUT2D eigenvalue weighted by atomic mass is 35.5. The third-order valence-corrected chi connectivity index (χ3v) is 3.63. The Bertz CT molecular complexity index is 730. The first-order valence-corrected chi connectivity index (χ1v) is 7.60. The first-order valence-electron chi connectivity index (χ1n) is 6.06. The number of hydrogen-bond donors (Lipinski definition) is 2. The second-order valence-corrected chi connectivity index (χ2v) is 6.12. The summed E-state index contributed by atoms with van der Waals surface area (Å²) in [7, 11) is 0. The van der Waals surface area contributed by atoms with Gasteiger partial charge in [0.1, 0.15) is 0 Å². The maximum atomic E-state index is 12.7. The van der Waals surface area contributed by atoms with E-state index in [4.69, 9.17) is 47.0 Å². The maximum absolute atomic E-state index is 12.7. The van der Waals surface area contributed by atoms with Crippen molar-refractivity contribution in [2.75, 3.05) is 10.6 Å². The van der Waals surface area contributed by atoms with Gasteiger partial charge >= 0.3 is 6.18 Å². The zero-order valence-corrected chi connectivity index (χ0v) is 14.2. The van der Waals surface area contributed by atoms with Gasteiger partial charge in [-0.2, -0.15) is 13.2 Å². The van der Waals surface area contributed by atoms with Crippen molar-refractivity contribution in [2.45, 2.75) is 6.18 Å². The summed E-state index contributed by atoms with van der Waals surface area (Å²) in [5.41, 5.74) is -0.312. The molecular weight excluding hydrogens is 392 g/mol. The summed E-state index contributed by atoms with van der Waals surface area (Å²) in [5, 5.41) is 6.31. The molecule has 0 fully saturated rings. The summed E-state index contributed by atoms with van der Waals surface area (Å²) < 4.78 is 38.2. The lowest BCUT2D eigenvalue weighted by Crippen LogP contribution is -2.19. The van der Waals surface area contributed by atoms with E-state index in [1.807, 2.05) is 0 Å². The Hall–Kier alpha value is -1.21. The van der Waals surface area contributed by atoms with E-state index in [0.717, 1.165) is 18.2 Å². The van der Waals surface area contributed by atoms with Gasteiger partial charge in [0, 0.05) is 15.7 Å². The van der Waals surface area contributed by atoms with Crippen LogP contribution in [0.5, 0.6) is 0 Å². The van der Waals surface area contributed by atoms with Crippen LogP contribution in [0.2, 0.25) is 15.1 Å². The van der Waals surface area contributed by atoms with Gasteiger partial charge in [-0.3, -0.25) is 0 Å². The van der Waals surface area contributed by atoms with Gasteiger partial charge in [0.25, 0.3) is 0 Å². The Morgan fingerprint density at radius 2 is 1.52 bits per heavy atom. The molecule has 0 saturated heterocycles. The van der Waals surface area contributed by atoms with Crippen molar-refractivity contribution in [3.8, 4) is 0 Å². The number of thiocarbonyl (C=S) groups is 1. The first-order chi connectivity index (χ1) is 10.6. The van der Waals surface area contributed by atoms with Gasteiger partial charge in [-0.25, -0.2) is 0 Å². The molecule has 0 amide bonds. The molecule has 2 aromatic carbocycles. The maximum Gasteiger partial charge on any atom is 0.416 e. The van der Waals surface area contributed by atoms with Gasteiger partial charge < -0.3 is 10.6 Å². The second-order valence-electron chi connectivity index (χ2n) is 4.43. The van der Waals surface area contributed by atoms with Crippen LogP contribution in [0.3, 0.4) is 0 Å². The number of hydrogen-bond acceptors (Lipinski definition) is 1. The van der Waals surface area contributed by atoms with Crippen molar-refractivity contribution in [3.05, 3.63) is 57.0 Å². The summed E-state index contributed by atoms with van der Waals surface area (Å²) in [5.74, 6) is 0. The number of nitrogens with one attached hydrogen (secondary N) is 2. The Balaban J connectivity index is 2.17. The minimum Gasteiger partial charge on any atom is -0.332 e. The van der Waals surface area contributed by atoms with Gasteiger partial charge in [-0.05, 0) is 48.6 Å². The SMILES string of the molecule is FC(F)(F)c1ccc(Cl)c(NC(=S)Nc2cc(Cl)cc(Cl)c2)c1. The highest BCUT2D eigenvalue weighted by Gasteiger charge is 2.31. The van der Waals surface area contributed by atoms with E-state index in [9.17, 15) is 13.2 Å². The van der Waals surface area contributed by atoms with Crippen LogP contribution < -0.4 is 10.6 Å². The fourth-order valence-corrected chi connectivity index (χ4v) is 2.63. The number of benzene rings is 2. The molecule has 2 nitrogen and oxygen atoms in total.